The summed E-state index contributed by atoms with van der Waals surface area (Å²) in [5.41, 5.74) is 3.62. The molecule has 0 amide bonds. The van der Waals surface area contributed by atoms with Crippen LogP contribution in [-0.2, 0) is 22.7 Å². The highest BCUT2D eigenvalue weighted by atomic mass is 16.5. The summed E-state index contributed by atoms with van der Waals surface area (Å²) in [6.45, 7) is 4.26. The number of rotatable bonds is 9. The fourth-order valence-corrected chi connectivity index (χ4v) is 2.82. The van der Waals surface area contributed by atoms with Gasteiger partial charge in [-0.1, -0.05) is 66.2 Å². The zero-order valence-corrected chi connectivity index (χ0v) is 17.0. The van der Waals surface area contributed by atoms with Crippen LogP contribution in [0.25, 0.3) is 6.08 Å². The largest absolute Gasteiger partial charge is 0.479 e. The quantitative estimate of drug-likeness (QED) is 0.543. The Labute approximate surface area is 175 Å². The van der Waals surface area contributed by atoms with Crippen LogP contribution < -0.4 is 0 Å². The molecular formula is C24H24N2O4. The topological polar surface area (TPSA) is 81.4 Å². The normalized spacial score (nSPS) is 12.2. The van der Waals surface area contributed by atoms with Crippen LogP contribution in [0.15, 0.2) is 67.0 Å². The van der Waals surface area contributed by atoms with E-state index in [1.165, 1.54) is 6.92 Å². The van der Waals surface area contributed by atoms with E-state index >= 15 is 0 Å². The fourth-order valence-electron chi connectivity index (χ4n) is 2.82. The molecule has 2 aromatic carbocycles. The monoisotopic (exact) mass is 404 g/mol. The van der Waals surface area contributed by atoms with Crippen molar-refractivity contribution < 1.29 is 19.4 Å². The maximum Gasteiger partial charge on any atom is 0.332 e. The minimum absolute atomic E-state index is 0.103. The van der Waals surface area contributed by atoms with E-state index in [2.05, 4.69) is 4.98 Å². The first-order chi connectivity index (χ1) is 14.4. The van der Waals surface area contributed by atoms with Crippen molar-refractivity contribution in [2.24, 2.45) is 0 Å². The van der Waals surface area contributed by atoms with E-state index in [0.717, 1.165) is 16.7 Å². The summed E-state index contributed by atoms with van der Waals surface area (Å²) in [7, 11) is 0. The van der Waals surface area contributed by atoms with Gasteiger partial charge in [-0.2, -0.15) is 0 Å². The first-order valence-corrected chi connectivity index (χ1v) is 9.66. The van der Waals surface area contributed by atoms with Crippen LogP contribution in [0, 0.1) is 6.92 Å². The molecule has 1 heterocycles. The van der Waals surface area contributed by atoms with Crippen molar-refractivity contribution >= 4 is 17.8 Å². The van der Waals surface area contributed by atoms with Crippen molar-refractivity contribution in [3.63, 3.8) is 0 Å². The highest BCUT2D eigenvalue weighted by molar-refractivity contribution is 6.06. The number of carbonyl (C=O) groups is 2. The average molecular weight is 404 g/mol. The number of hydrogen-bond donors (Lipinski definition) is 1. The number of benzene rings is 2. The molecule has 0 aliphatic rings. The van der Waals surface area contributed by atoms with Crippen LogP contribution in [0.5, 0.6) is 0 Å². The molecule has 1 aromatic heterocycles. The second-order valence-electron chi connectivity index (χ2n) is 7.03. The molecule has 6 nitrogen and oxygen atoms in total. The molecule has 1 atom stereocenters. The minimum Gasteiger partial charge on any atom is -0.479 e. The molecule has 0 saturated heterocycles. The van der Waals surface area contributed by atoms with Crippen molar-refractivity contribution in [3.05, 3.63) is 95.1 Å². The Bertz CT molecular complexity index is 1030. The van der Waals surface area contributed by atoms with Crippen molar-refractivity contribution in [2.45, 2.75) is 33.1 Å². The predicted molar refractivity (Wildman–Crippen MR) is 114 cm³/mol. The van der Waals surface area contributed by atoms with Gasteiger partial charge in [-0.25, -0.2) is 9.78 Å². The number of carboxylic acids is 1. The van der Waals surface area contributed by atoms with Crippen molar-refractivity contribution in [3.8, 4) is 0 Å². The molecule has 3 aromatic rings. The van der Waals surface area contributed by atoms with Crippen LogP contribution in [0.3, 0.4) is 0 Å². The van der Waals surface area contributed by atoms with Gasteiger partial charge < -0.3 is 14.4 Å². The van der Waals surface area contributed by atoms with E-state index < -0.39 is 12.1 Å². The van der Waals surface area contributed by atoms with E-state index in [-0.39, 0.29) is 12.4 Å². The van der Waals surface area contributed by atoms with Gasteiger partial charge in [0.2, 0.25) is 5.78 Å². The lowest BCUT2D eigenvalue weighted by Crippen LogP contribution is -2.19. The van der Waals surface area contributed by atoms with Gasteiger partial charge in [-0.15, -0.1) is 0 Å². The Hall–Kier alpha value is -3.51. The molecule has 0 fully saturated rings. The van der Waals surface area contributed by atoms with Crippen LogP contribution in [0.4, 0.5) is 0 Å². The van der Waals surface area contributed by atoms with Crippen molar-refractivity contribution in [2.75, 3.05) is 0 Å². The van der Waals surface area contributed by atoms with Crippen molar-refractivity contribution in [1.29, 1.82) is 0 Å². The number of carbonyl (C=O) groups excluding carboxylic acids is 1. The second-order valence-corrected chi connectivity index (χ2v) is 7.03. The van der Waals surface area contributed by atoms with E-state index in [4.69, 9.17) is 9.84 Å². The standard InChI is InChI=1S/C24H24N2O4/c1-17-5-11-21(12-6-17)22(27)23-25-13-15-26(23)14-3-4-19-7-9-20(10-8-19)16-30-18(2)24(28)29/h3-13,15,18H,14,16H2,1-2H3,(H,28,29)/b4-3+/t18-/m0/s1. The first-order valence-electron chi connectivity index (χ1n) is 9.66. The predicted octanol–water partition coefficient (Wildman–Crippen LogP) is 4.13. The Balaban J connectivity index is 1.60. The molecule has 0 aliphatic carbocycles. The third-order valence-corrected chi connectivity index (χ3v) is 4.67. The maximum absolute atomic E-state index is 12.7. The molecule has 0 unspecified atom stereocenters. The molecule has 6 heteroatoms. The Morgan fingerprint density at radius 2 is 1.83 bits per heavy atom. The van der Waals surface area contributed by atoms with Crippen LogP contribution in [-0.4, -0.2) is 32.5 Å². The number of carboxylic acid groups (broad SMARTS) is 1. The van der Waals surface area contributed by atoms with Gasteiger partial charge in [0.1, 0.15) is 0 Å². The molecule has 0 saturated carbocycles. The van der Waals surface area contributed by atoms with Crippen molar-refractivity contribution in [1.82, 2.24) is 9.55 Å². The zero-order chi connectivity index (χ0) is 21.5. The summed E-state index contributed by atoms with van der Waals surface area (Å²) < 4.78 is 7.09. The van der Waals surface area contributed by atoms with Crippen LogP contribution in [0.2, 0.25) is 0 Å². The van der Waals surface area contributed by atoms with Gasteiger partial charge in [0, 0.05) is 24.5 Å². The van der Waals surface area contributed by atoms with E-state index in [9.17, 15) is 9.59 Å². The highest BCUT2D eigenvalue weighted by Gasteiger charge is 2.14. The minimum atomic E-state index is -0.978. The SMILES string of the molecule is Cc1ccc(C(=O)c2nccn2C/C=C/c2ccc(CO[C@@H](C)C(=O)O)cc2)cc1. The van der Waals surface area contributed by atoms with Gasteiger partial charge in [0.05, 0.1) is 6.61 Å². The third kappa shape index (κ3) is 5.52. The van der Waals surface area contributed by atoms with E-state index in [1.807, 2.05) is 72.2 Å². The highest BCUT2D eigenvalue weighted by Crippen LogP contribution is 2.12. The first kappa shape index (κ1) is 21.2. The molecule has 0 spiro atoms. The number of ether oxygens (including phenoxy) is 1. The van der Waals surface area contributed by atoms with Gasteiger partial charge in [0.25, 0.3) is 0 Å². The smallest absolute Gasteiger partial charge is 0.332 e. The van der Waals surface area contributed by atoms with Crippen LogP contribution >= 0.6 is 0 Å². The Kier molecular flexibility index (Phi) is 6.93. The molecular weight excluding hydrogens is 380 g/mol. The molecule has 154 valence electrons. The van der Waals surface area contributed by atoms with Gasteiger partial charge in [-0.05, 0) is 25.0 Å². The van der Waals surface area contributed by atoms with Gasteiger partial charge in [-0.3, -0.25) is 4.79 Å². The third-order valence-electron chi connectivity index (χ3n) is 4.67. The molecule has 1 N–H and O–H groups in total. The number of nitrogens with zero attached hydrogens (tertiary/aromatic N) is 2. The summed E-state index contributed by atoms with van der Waals surface area (Å²) in [5, 5.41) is 8.85. The summed E-state index contributed by atoms with van der Waals surface area (Å²) in [5.74, 6) is -0.675. The second kappa shape index (κ2) is 9.80. The Morgan fingerprint density at radius 3 is 2.50 bits per heavy atom. The van der Waals surface area contributed by atoms with E-state index in [1.54, 1.807) is 12.4 Å². The number of ketones is 1. The molecule has 0 bridgehead atoms. The lowest BCUT2D eigenvalue weighted by atomic mass is 10.1. The number of allylic oxidation sites excluding steroid dienone is 1. The van der Waals surface area contributed by atoms with Crippen LogP contribution in [0.1, 0.15) is 39.8 Å². The summed E-state index contributed by atoms with van der Waals surface area (Å²) in [6, 6.07) is 15.1. The van der Waals surface area contributed by atoms with Gasteiger partial charge >= 0.3 is 5.97 Å². The number of aryl methyl sites for hydroxylation is 1. The number of hydrogen-bond acceptors (Lipinski definition) is 4. The molecule has 0 radical (unpaired) electrons. The number of aromatic nitrogens is 2. The summed E-state index contributed by atoms with van der Waals surface area (Å²) in [4.78, 5) is 27.7. The molecule has 3 rings (SSSR count). The summed E-state index contributed by atoms with van der Waals surface area (Å²) >= 11 is 0. The maximum atomic E-state index is 12.7. The lowest BCUT2D eigenvalue weighted by molar-refractivity contribution is -0.149. The molecule has 30 heavy (non-hydrogen) atoms. The van der Waals surface area contributed by atoms with Gasteiger partial charge in [0.15, 0.2) is 11.9 Å². The zero-order valence-electron chi connectivity index (χ0n) is 17.0. The molecule has 0 aliphatic heterocycles. The van der Waals surface area contributed by atoms with E-state index in [0.29, 0.717) is 17.9 Å². The Morgan fingerprint density at radius 1 is 1.13 bits per heavy atom. The fraction of sp³-hybridized carbons (Fsp3) is 0.208. The lowest BCUT2D eigenvalue weighted by Gasteiger charge is -2.08. The number of imidazole rings is 1. The number of aliphatic carboxylic acids is 1. The summed E-state index contributed by atoms with van der Waals surface area (Å²) in [6.07, 6.45) is 6.51. The average Bonchev–Trinajstić information content (AvgIpc) is 3.21.